The summed E-state index contributed by atoms with van der Waals surface area (Å²) < 4.78 is 20.8. The van der Waals surface area contributed by atoms with E-state index in [4.69, 9.17) is 4.74 Å². The number of anilines is 2. The molecule has 134 valence electrons. The fourth-order valence-electron chi connectivity index (χ4n) is 2.73. The molecule has 0 saturated heterocycles. The molecule has 0 aliphatic rings. The van der Waals surface area contributed by atoms with Crippen molar-refractivity contribution >= 4 is 44.8 Å². The lowest BCUT2D eigenvalue weighted by Gasteiger charge is -2.05. The number of aromatic nitrogens is 3. The highest BCUT2D eigenvalue weighted by atomic mass is 79.9. The molecule has 0 bridgehead atoms. The molecule has 1 aromatic carbocycles. The van der Waals surface area contributed by atoms with E-state index < -0.39 is 5.82 Å². The van der Waals surface area contributed by atoms with Crippen LogP contribution >= 0.6 is 28.3 Å². The molecule has 26 heavy (non-hydrogen) atoms. The number of fused-ring (bicyclic) bond motifs is 1. The summed E-state index contributed by atoms with van der Waals surface area (Å²) in [6.07, 6.45) is 1.97. The molecule has 3 aromatic heterocycles. The Morgan fingerprint density at radius 2 is 2.04 bits per heavy atom. The van der Waals surface area contributed by atoms with Gasteiger partial charge in [-0.1, -0.05) is 6.07 Å². The minimum absolute atomic E-state index is 0. The highest BCUT2D eigenvalue weighted by molar-refractivity contribution is 8.93. The molecular weight excluding hydrogens is 419 g/mol. The van der Waals surface area contributed by atoms with Crippen LogP contribution in [0.4, 0.5) is 15.2 Å². The molecule has 8 heteroatoms. The van der Waals surface area contributed by atoms with E-state index >= 15 is 0 Å². The topological polar surface area (TPSA) is 51.5 Å². The van der Waals surface area contributed by atoms with E-state index in [0.717, 1.165) is 22.7 Å². The van der Waals surface area contributed by atoms with Crippen LogP contribution in [0.2, 0.25) is 0 Å². The lowest BCUT2D eigenvalue weighted by atomic mass is 10.3. The van der Waals surface area contributed by atoms with Crippen molar-refractivity contribution in [2.75, 3.05) is 12.4 Å². The number of methoxy groups -OCH3 is 1. The fraction of sp³-hybridized carbons (Fsp3) is 0.111. The summed E-state index contributed by atoms with van der Waals surface area (Å²) in [5.74, 6) is -0.200. The summed E-state index contributed by atoms with van der Waals surface area (Å²) in [4.78, 5) is 9.18. The third-order valence-electron chi connectivity index (χ3n) is 3.85. The molecule has 0 unspecified atom stereocenters. The number of thiazole rings is 1. The summed E-state index contributed by atoms with van der Waals surface area (Å²) in [5.41, 5.74) is 4.21. The quantitative estimate of drug-likeness (QED) is 0.477. The average Bonchev–Trinajstić information content (AvgIpc) is 3.18. The molecule has 4 aromatic rings. The molecule has 0 aliphatic carbocycles. The minimum atomic E-state index is -0.415. The Labute approximate surface area is 164 Å². The second-order valence-corrected chi connectivity index (χ2v) is 6.34. The molecule has 5 nitrogen and oxygen atoms in total. The molecule has 0 spiro atoms. The summed E-state index contributed by atoms with van der Waals surface area (Å²) in [7, 11) is 1.44. The zero-order chi connectivity index (χ0) is 17.4. The number of hydrogen-bond acceptors (Lipinski definition) is 5. The highest BCUT2D eigenvalue weighted by Crippen LogP contribution is 2.30. The third kappa shape index (κ3) is 3.30. The number of pyridine rings is 1. The number of halogens is 2. The summed E-state index contributed by atoms with van der Waals surface area (Å²) >= 11 is 1.46. The average molecular weight is 435 g/mol. The van der Waals surface area contributed by atoms with Crippen LogP contribution in [0.15, 0.2) is 48.0 Å². The van der Waals surface area contributed by atoms with E-state index in [1.54, 1.807) is 12.1 Å². The Balaban J connectivity index is 0.00000196. The van der Waals surface area contributed by atoms with Crippen molar-refractivity contribution in [3.8, 4) is 17.1 Å². The summed E-state index contributed by atoms with van der Waals surface area (Å²) in [5, 5.41) is 5.78. The Morgan fingerprint density at radius 3 is 2.81 bits per heavy atom. The zero-order valence-corrected chi connectivity index (χ0v) is 16.6. The van der Waals surface area contributed by atoms with Crippen LogP contribution in [0, 0.1) is 12.7 Å². The number of benzene rings is 1. The Morgan fingerprint density at radius 1 is 1.19 bits per heavy atom. The number of nitrogens with zero attached hydrogens (tertiary/aromatic N) is 3. The molecule has 0 radical (unpaired) electrons. The van der Waals surface area contributed by atoms with Gasteiger partial charge in [0.05, 0.1) is 18.5 Å². The summed E-state index contributed by atoms with van der Waals surface area (Å²) in [6, 6.07) is 10.6. The van der Waals surface area contributed by atoms with Crippen molar-refractivity contribution in [3.05, 3.63) is 59.5 Å². The monoisotopic (exact) mass is 434 g/mol. The van der Waals surface area contributed by atoms with Gasteiger partial charge in [0, 0.05) is 23.3 Å². The normalized spacial score (nSPS) is 10.6. The van der Waals surface area contributed by atoms with Crippen molar-refractivity contribution in [2.45, 2.75) is 6.92 Å². The zero-order valence-electron chi connectivity index (χ0n) is 14.1. The van der Waals surface area contributed by atoms with Gasteiger partial charge in [-0.25, -0.2) is 14.4 Å². The smallest absolute Gasteiger partial charge is 0.187 e. The van der Waals surface area contributed by atoms with Crippen LogP contribution in [0.3, 0.4) is 0 Å². The first-order valence-electron chi connectivity index (χ1n) is 7.66. The van der Waals surface area contributed by atoms with Crippen LogP contribution in [0.25, 0.3) is 17.0 Å². The third-order valence-corrected chi connectivity index (χ3v) is 4.61. The van der Waals surface area contributed by atoms with Gasteiger partial charge in [0.15, 0.2) is 16.7 Å². The van der Waals surface area contributed by atoms with Gasteiger partial charge in [-0.05, 0) is 31.2 Å². The molecule has 3 heterocycles. The number of rotatable bonds is 4. The van der Waals surface area contributed by atoms with Crippen LogP contribution in [-0.2, 0) is 0 Å². The predicted molar refractivity (Wildman–Crippen MR) is 108 cm³/mol. The maximum absolute atomic E-state index is 13.8. The molecule has 0 atom stereocenters. The first-order valence-corrected chi connectivity index (χ1v) is 8.54. The van der Waals surface area contributed by atoms with Crippen molar-refractivity contribution in [3.63, 3.8) is 0 Å². The standard InChI is InChI=1S/C18H15FN4OS.BrH/c1-11-17(23-8-4-3-5-16(23)20-11)14-10-25-18(22-14)21-12-6-7-15(24-2)13(19)9-12;/h3-10H,1-2H3,(H,21,22);1H. The predicted octanol–water partition coefficient (Wildman–Crippen LogP) is 5.24. The SMILES string of the molecule is Br.COc1ccc(Nc2nc(-c3c(C)nc4ccccn34)cs2)cc1F. The van der Waals surface area contributed by atoms with Crippen molar-refractivity contribution in [2.24, 2.45) is 0 Å². The Hall–Kier alpha value is -2.45. The van der Waals surface area contributed by atoms with Gasteiger partial charge in [0.1, 0.15) is 11.3 Å². The lowest BCUT2D eigenvalue weighted by Crippen LogP contribution is -1.94. The molecule has 0 amide bonds. The maximum atomic E-state index is 13.8. The van der Waals surface area contributed by atoms with E-state index in [0.29, 0.717) is 10.8 Å². The highest BCUT2D eigenvalue weighted by Gasteiger charge is 2.14. The van der Waals surface area contributed by atoms with Crippen molar-refractivity contribution < 1.29 is 9.13 Å². The molecular formula is C18H16BrFN4OS. The maximum Gasteiger partial charge on any atom is 0.187 e. The van der Waals surface area contributed by atoms with Crippen molar-refractivity contribution in [1.29, 1.82) is 0 Å². The van der Waals surface area contributed by atoms with Gasteiger partial charge in [-0.15, -0.1) is 28.3 Å². The van der Waals surface area contributed by atoms with Gasteiger partial charge in [-0.3, -0.25) is 4.40 Å². The first kappa shape index (κ1) is 18.3. The van der Waals surface area contributed by atoms with Crippen LogP contribution in [0.1, 0.15) is 5.69 Å². The second-order valence-electron chi connectivity index (χ2n) is 5.49. The molecule has 0 aliphatic heterocycles. The van der Waals surface area contributed by atoms with Gasteiger partial charge >= 0.3 is 0 Å². The van der Waals surface area contributed by atoms with Gasteiger partial charge in [0.25, 0.3) is 0 Å². The second kappa shape index (κ2) is 7.43. The van der Waals surface area contributed by atoms with Crippen LogP contribution in [-0.4, -0.2) is 21.5 Å². The molecule has 4 rings (SSSR count). The van der Waals surface area contributed by atoms with E-state index in [-0.39, 0.29) is 22.7 Å². The van der Waals surface area contributed by atoms with E-state index in [1.807, 2.05) is 41.1 Å². The fourth-order valence-corrected chi connectivity index (χ4v) is 3.45. The van der Waals surface area contributed by atoms with E-state index in [1.165, 1.54) is 24.5 Å². The number of hydrogen-bond donors (Lipinski definition) is 1. The molecule has 0 saturated carbocycles. The number of imidazole rings is 1. The van der Waals surface area contributed by atoms with Crippen LogP contribution in [0.5, 0.6) is 5.75 Å². The van der Waals surface area contributed by atoms with E-state index in [2.05, 4.69) is 15.3 Å². The Kier molecular flexibility index (Phi) is 5.24. The largest absolute Gasteiger partial charge is 0.494 e. The van der Waals surface area contributed by atoms with Crippen LogP contribution < -0.4 is 10.1 Å². The summed E-state index contributed by atoms with van der Waals surface area (Å²) in [6.45, 7) is 1.97. The van der Waals surface area contributed by atoms with E-state index in [9.17, 15) is 4.39 Å². The number of aryl methyl sites for hydroxylation is 1. The lowest BCUT2D eigenvalue weighted by molar-refractivity contribution is 0.386. The number of ether oxygens (including phenoxy) is 1. The van der Waals surface area contributed by atoms with Gasteiger partial charge in [-0.2, -0.15) is 0 Å². The number of nitrogens with one attached hydrogen (secondary N) is 1. The Bertz CT molecular complexity index is 1060. The van der Waals surface area contributed by atoms with Gasteiger partial charge < -0.3 is 10.1 Å². The van der Waals surface area contributed by atoms with Crippen molar-refractivity contribution in [1.82, 2.24) is 14.4 Å². The van der Waals surface area contributed by atoms with Gasteiger partial charge in [0.2, 0.25) is 0 Å². The molecule has 1 N–H and O–H groups in total. The first-order chi connectivity index (χ1) is 12.2. The minimum Gasteiger partial charge on any atom is -0.494 e. The molecule has 0 fully saturated rings.